The molecule has 0 spiro atoms. The van der Waals surface area contributed by atoms with Gasteiger partial charge in [-0.05, 0) is 103 Å². The number of aromatic nitrogens is 1. The van der Waals surface area contributed by atoms with Crippen LogP contribution in [0.15, 0.2) is 108 Å². The Labute approximate surface area is 326 Å². The number of aromatic hydroxyl groups is 1. The maximum Gasteiger partial charge on any atom is 0.408 e. The summed E-state index contributed by atoms with van der Waals surface area (Å²) in [6.45, 7) is 4.43. The number of benzene rings is 4. The molecule has 3 saturated heterocycles. The van der Waals surface area contributed by atoms with Crippen molar-refractivity contribution in [2.75, 3.05) is 46.3 Å². The van der Waals surface area contributed by atoms with E-state index in [1.165, 1.54) is 12.1 Å². The quantitative estimate of drug-likeness (QED) is 0.0837. The number of hydrogen-bond acceptors (Lipinski definition) is 8. The van der Waals surface area contributed by atoms with E-state index in [-0.39, 0.29) is 41.9 Å². The number of phenols is 1. The van der Waals surface area contributed by atoms with Gasteiger partial charge in [0.25, 0.3) is 5.91 Å². The normalized spacial score (nSPS) is 18.6. The minimum atomic E-state index is -0.919. The fourth-order valence-corrected chi connectivity index (χ4v) is 8.19. The van der Waals surface area contributed by atoms with Crippen molar-refractivity contribution in [3.8, 4) is 11.5 Å². The number of phenolic OH excluding ortho intramolecular Hbond substituents is 1. The molecule has 0 radical (unpaired) electrons. The summed E-state index contributed by atoms with van der Waals surface area (Å²) < 4.78 is 6.23. The lowest BCUT2D eigenvalue weighted by molar-refractivity contribution is -0.000814. The van der Waals surface area contributed by atoms with Crippen molar-refractivity contribution in [1.82, 2.24) is 25.0 Å². The first kappa shape index (κ1) is 38.6. The highest BCUT2D eigenvalue weighted by molar-refractivity contribution is 5.94. The third-order valence-corrected chi connectivity index (χ3v) is 11.2. The number of aromatic amines is 1. The minimum Gasteiger partial charge on any atom is -0.506 e. The molecule has 12 nitrogen and oxygen atoms in total. The van der Waals surface area contributed by atoms with E-state index < -0.39 is 18.2 Å². The number of rotatable bonds is 15. The Kier molecular flexibility index (Phi) is 12.0. The van der Waals surface area contributed by atoms with E-state index in [9.17, 15) is 29.7 Å². The number of nitrogens with zero attached hydrogens (tertiary/aromatic N) is 3. The van der Waals surface area contributed by atoms with Gasteiger partial charge in [-0.3, -0.25) is 14.5 Å². The average molecular weight is 760 g/mol. The van der Waals surface area contributed by atoms with Crippen LogP contribution >= 0.6 is 0 Å². The van der Waals surface area contributed by atoms with Crippen LogP contribution in [0.4, 0.5) is 4.79 Å². The number of fused-ring (bicyclic) bond motifs is 4. The van der Waals surface area contributed by atoms with Crippen LogP contribution in [0.2, 0.25) is 0 Å². The molecule has 3 atom stereocenters. The largest absolute Gasteiger partial charge is 0.506 e. The lowest BCUT2D eigenvalue weighted by atomic mass is 9.81. The van der Waals surface area contributed by atoms with Crippen LogP contribution in [0.5, 0.6) is 11.5 Å². The van der Waals surface area contributed by atoms with Gasteiger partial charge in [0.05, 0.1) is 23.7 Å². The Bertz CT molecular complexity index is 2190. The highest BCUT2D eigenvalue weighted by Crippen LogP contribution is 2.39. The third kappa shape index (κ3) is 8.73. The smallest absolute Gasteiger partial charge is 0.408 e. The van der Waals surface area contributed by atoms with Crippen molar-refractivity contribution in [2.24, 2.45) is 5.92 Å². The average Bonchev–Trinajstić information content (AvgIpc) is 3.22. The van der Waals surface area contributed by atoms with Crippen molar-refractivity contribution >= 4 is 22.9 Å². The van der Waals surface area contributed by atoms with Gasteiger partial charge < -0.3 is 40.2 Å². The van der Waals surface area contributed by atoms with Gasteiger partial charge in [-0.15, -0.1) is 0 Å². The minimum absolute atomic E-state index is 0.0577. The van der Waals surface area contributed by atoms with Crippen LogP contribution in [-0.4, -0.2) is 99.4 Å². The molecule has 5 N–H and O–H groups in total. The standard InChI is InChI=1S/C44H49N5O7/c1-47(22-6-21-45-26-39(51)35-15-17-38(50)41-36(35)16-18-40(52)46-41)43(53)32-13-11-29(12-14-32)28-56-34-10-5-9-33(25-34)42(31-7-3-2-4-8-31)49(44(54)55)37-27-48-23-19-30(37)20-24-48/h2-5,7-18,25,30,37,39,42,45,50-51H,6,19-24,26-28H2,1H3,(H,46,52)(H,54,55)/t37?,39-,42+/m0/s1. The Morgan fingerprint density at radius 2 is 1.70 bits per heavy atom. The highest BCUT2D eigenvalue weighted by Gasteiger charge is 2.43. The van der Waals surface area contributed by atoms with Gasteiger partial charge in [0, 0.05) is 43.7 Å². The van der Waals surface area contributed by atoms with Gasteiger partial charge in [-0.2, -0.15) is 0 Å². The number of carbonyl (C=O) groups excluding carboxylic acids is 1. The van der Waals surface area contributed by atoms with E-state index in [1.54, 1.807) is 41.1 Å². The summed E-state index contributed by atoms with van der Waals surface area (Å²) in [4.78, 5) is 46.2. The first-order valence-electron chi connectivity index (χ1n) is 19.3. The number of aliphatic hydroxyl groups is 1. The summed E-state index contributed by atoms with van der Waals surface area (Å²) in [5.74, 6) is 0.816. The molecule has 0 aliphatic carbocycles. The van der Waals surface area contributed by atoms with Gasteiger partial charge in [0.2, 0.25) is 5.56 Å². The third-order valence-electron chi connectivity index (χ3n) is 11.2. The van der Waals surface area contributed by atoms with Crippen molar-refractivity contribution < 1.29 is 29.6 Å². The molecular formula is C44H49N5O7. The van der Waals surface area contributed by atoms with Crippen LogP contribution in [0.3, 0.4) is 0 Å². The SMILES string of the molecule is CN(CCCNC[C@H](O)c1ccc(O)c2[nH]c(=O)ccc12)C(=O)c1ccc(COc2cccc([C@@H](c3ccccc3)N(C(=O)O)C3CN4CCC3CC4)c2)cc1. The fraction of sp³-hybridized carbons (Fsp3) is 0.341. The number of nitrogens with one attached hydrogen (secondary N) is 2. The van der Waals surface area contributed by atoms with Crippen molar-refractivity contribution in [3.63, 3.8) is 0 Å². The number of carboxylic acid groups (broad SMARTS) is 1. The summed E-state index contributed by atoms with van der Waals surface area (Å²) in [6, 6.07) is 30.4. The molecule has 12 heteroatoms. The van der Waals surface area contributed by atoms with Gasteiger partial charge in [0.1, 0.15) is 18.1 Å². The molecule has 292 valence electrons. The van der Waals surface area contributed by atoms with Crippen LogP contribution in [0, 0.1) is 5.92 Å². The zero-order valence-electron chi connectivity index (χ0n) is 31.5. The molecular weight excluding hydrogens is 711 g/mol. The molecule has 2 bridgehead atoms. The van der Waals surface area contributed by atoms with E-state index >= 15 is 0 Å². The number of amides is 2. The number of pyridine rings is 1. The molecule has 4 heterocycles. The van der Waals surface area contributed by atoms with Gasteiger partial charge >= 0.3 is 6.09 Å². The molecule has 1 aromatic heterocycles. The van der Waals surface area contributed by atoms with Gasteiger partial charge in [-0.25, -0.2) is 4.79 Å². The second kappa shape index (κ2) is 17.4. The van der Waals surface area contributed by atoms with E-state index in [4.69, 9.17) is 4.74 Å². The summed E-state index contributed by atoms with van der Waals surface area (Å²) in [7, 11) is 1.76. The van der Waals surface area contributed by atoms with E-state index in [0.29, 0.717) is 47.7 Å². The molecule has 8 rings (SSSR count). The second-order valence-electron chi connectivity index (χ2n) is 14.9. The van der Waals surface area contributed by atoms with Crippen LogP contribution < -0.4 is 15.6 Å². The summed E-state index contributed by atoms with van der Waals surface area (Å²) in [5.41, 5.74) is 3.78. The summed E-state index contributed by atoms with van der Waals surface area (Å²) >= 11 is 0. The highest BCUT2D eigenvalue weighted by atomic mass is 16.5. The van der Waals surface area contributed by atoms with Crippen molar-refractivity contribution in [3.05, 3.63) is 141 Å². The van der Waals surface area contributed by atoms with E-state index in [1.807, 2.05) is 66.7 Å². The number of aliphatic hydroxyl groups excluding tert-OH is 1. The molecule has 4 aromatic carbocycles. The van der Waals surface area contributed by atoms with E-state index in [2.05, 4.69) is 15.2 Å². The maximum absolute atomic E-state index is 13.2. The molecule has 0 saturated carbocycles. The molecule has 2 amide bonds. The summed E-state index contributed by atoms with van der Waals surface area (Å²) in [5, 5.41) is 35.4. The number of carbonyl (C=O) groups is 2. The molecule has 3 aliphatic heterocycles. The molecule has 3 fully saturated rings. The van der Waals surface area contributed by atoms with Crippen LogP contribution in [0.25, 0.3) is 10.9 Å². The Morgan fingerprint density at radius 1 is 0.946 bits per heavy atom. The molecule has 1 unspecified atom stereocenters. The summed E-state index contributed by atoms with van der Waals surface area (Å²) in [6.07, 6.45) is 0.911. The maximum atomic E-state index is 13.2. The lowest BCUT2D eigenvalue weighted by Crippen LogP contribution is -2.59. The Morgan fingerprint density at radius 3 is 2.41 bits per heavy atom. The number of H-pyrrole nitrogens is 1. The van der Waals surface area contributed by atoms with Crippen LogP contribution in [-0.2, 0) is 6.61 Å². The second-order valence-corrected chi connectivity index (χ2v) is 14.9. The Balaban J connectivity index is 0.920. The topological polar surface area (TPSA) is 159 Å². The van der Waals surface area contributed by atoms with E-state index in [0.717, 1.165) is 49.2 Å². The number of hydrogen-bond donors (Lipinski definition) is 5. The lowest BCUT2D eigenvalue weighted by Gasteiger charge is -2.50. The first-order chi connectivity index (χ1) is 27.2. The molecule has 3 aliphatic rings. The first-order valence-corrected chi connectivity index (χ1v) is 19.3. The predicted molar refractivity (Wildman–Crippen MR) is 214 cm³/mol. The molecule has 56 heavy (non-hydrogen) atoms. The predicted octanol–water partition coefficient (Wildman–Crippen LogP) is 5.76. The number of ether oxygens (including phenoxy) is 1. The van der Waals surface area contributed by atoms with Crippen molar-refractivity contribution in [2.45, 2.75) is 44.1 Å². The fourth-order valence-electron chi connectivity index (χ4n) is 8.19. The monoisotopic (exact) mass is 759 g/mol. The Hall–Kier alpha value is -5.69. The zero-order chi connectivity index (χ0) is 39.2. The van der Waals surface area contributed by atoms with Gasteiger partial charge in [0.15, 0.2) is 0 Å². The van der Waals surface area contributed by atoms with Crippen molar-refractivity contribution in [1.29, 1.82) is 0 Å². The molecule has 5 aromatic rings. The van der Waals surface area contributed by atoms with Gasteiger partial charge in [-0.1, -0.05) is 60.7 Å². The number of piperidine rings is 3. The zero-order valence-corrected chi connectivity index (χ0v) is 31.5. The van der Waals surface area contributed by atoms with Crippen LogP contribution in [0.1, 0.15) is 64.0 Å².